The molecule has 2 amide bonds. The second kappa shape index (κ2) is 8.57. The maximum Gasteiger partial charge on any atom is 0.229 e. The summed E-state index contributed by atoms with van der Waals surface area (Å²) in [5.74, 6) is 2.52. The van der Waals surface area contributed by atoms with Crippen molar-refractivity contribution in [2.45, 2.75) is 38.4 Å². The number of likely N-dealkylation sites (tertiary alicyclic amines) is 1. The highest BCUT2D eigenvalue weighted by atomic mass is 32.2. The van der Waals surface area contributed by atoms with Gasteiger partial charge in [-0.1, -0.05) is 13.8 Å². The van der Waals surface area contributed by atoms with Gasteiger partial charge in [0.2, 0.25) is 11.8 Å². The minimum Gasteiger partial charge on any atom is -0.354 e. The first-order chi connectivity index (χ1) is 11.0. The van der Waals surface area contributed by atoms with Crippen LogP contribution in [0, 0.1) is 5.92 Å². The van der Waals surface area contributed by atoms with Crippen LogP contribution >= 0.6 is 11.8 Å². The van der Waals surface area contributed by atoms with Crippen LogP contribution in [-0.2, 0) is 9.59 Å². The van der Waals surface area contributed by atoms with Crippen LogP contribution in [0.3, 0.4) is 0 Å². The Balaban J connectivity index is 1.83. The molecular weight excluding hydrogens is 312 g/mol. The highest BCUT2D eigenvalue weighted by molar-refractivity contribution is 8.00. The minimum atomic E-state index is -0.0488. The molecule has 6 nitrogen and oxygen atoms in total. The van der Waals surface area contributed by atoms with E-state index in [0.717, 1.165) is 24.8 Å². The van der Waals surface area contributed by atoms with E-state index in [1.807, 2.05) is 11.8 Å². The lowest BCUT2D eigenvalue weighted by atomic mass is 10.1. The number of imide groups is 1. The van der Waals surface area contributed by atoms with E-state index >= 15 is 0 Å². The van der Waals surface area contributed by atoms with Crippen molar-refractivity contribution in [2.75, 3.05) is 39.0 Å². The number of nitrogens with zero attached hydrogens (tertiary/aromatic N) is 3. The van der Waals surface area contributed by atoms with Gasteiger partial charge in [0.1, 0.15) is 0 Å². The molecule has 0 spiro atoms. The van der Waals surface area contributed by atoms with Crippen LogP contribution in [0.1, 0.15) is 33.1 Å². The van der Waals surface area contributed by atoms with Gasteiger partial charge in [-0.2, -0.15) is 11.8 Å². The first-order valence-corrected chi connectivity index (χ1v) is 9.48. The highest BCUT2D eigenvalue weighted by Gasteiger charge is 2.27. The average molecular weight is 340 g/mol. The van der Waals surface area contributed by atoms with E-state index in [-0.39, 0.29) is 11.8 Å². The molecule has 0 aromatic rings. The number of nitrogens with one attached hydrogen (secondary N) is 1. The molecule has 0 aromatic carbocycles. The molecule has 0 aromatic heterocycles. The summed E-state index contributed by atoms with van der Waals surface area (Å²) in [5, 5.41) is 3.93. The Bertz CT molecular complexity index is 451. The first kappa shape index (κ1) is 18.1. The smallest absolute Gasteiger partial charge is 0.229 e. The lowest BCUT2D eigenvalue weighted by molar-refractivity contribution is -0.147. The quantitative estimate of drug-likeness (QED) is 0.473. The normalized spacial score (nSPS) is 23.7. The number of thioether (sulfide) groups is 1. The molecule has 23 heavy (non-hydrogen) atoms. The van der Waals surface area contributed by atoms with Gasteiger partial charge in [-0.3, -0.25) is 19.5 Å². The van der Waals surface area contributed by atoms with Crippen LogP contribution in [0.25, 0.3) is 0 Å². The van der Waals surface area contributed by atoms with Crippen molar-refractivity contribution in [1.82, 2.24) is 15.1 Å². The molecule has 2 heterocycles. The van der Waals surface area contributed by atoms with E-state index in [0.29, 0.717) is 43.5 Å². The number of hydrogen-bond donors (Lipinski definition) is 1. The predicted molar refractivity (Wildman–Crippen MR) is 94.6 cm³/mol. The standard InChI is InChI=1S/C16H28N4O2S/c1-12(2)13-11-19(9-10-23-13)16(17-3)18-7-8-20-14(21)5-4-6-15(20)22/h12-13H,4-11H2,1-3H3,(H,17,18). The van der Waals surface area contributed by atoms with Crippen molar-refractivity contribution in [3.63, 3.8) is 0 Å². The van der Waals surface area contributed by atoms with Gasteiger partial charge < -0.3 is 10.2 Å². The molecule has 130 valence electrons. The van der Waals surface area contributed by atoms with Crippen molar-refractivity contribution in [1.29, 1.82) is 0 Å². The Morgan fingerprint density at radius 1 is 1.35 bits per heavy atom. The minimum absolute atomic E-state index is 0.0488. The first-order valence-electron chi connectivity index (χ1n) is 8.43. The third-order valence-electron chi connectivity index (χ3n) is 4.35. The zero-order chi connectivity index (χ0) is 16.8. The third-order valence-corrected chi connectivity index (χ3v) is 5.89. The Kier molecular flexibility index (Phi) is 6.74. The molecular formula is C16H28N4O2S. The van der Waals surface area contributed by atoms with E-state index in [9.17, 15) is 9.59 Å². The van der Waals surface area contributed by atoms with Gasteiger partial charge >= 0.3 is 0 Å². The van der Waals surface area contributed by atoms with Gasteiger partial charge in [-0.05, 0) is 12.3 Å². The summed E-state index contributed by atoms with van der Waals surface area (Å²) >= 11 is 2.03. The molecule has 2 aliphatic rings. The predicted octanol–water partition coefficient (Wildman–Crippen LogP) is 1.17. The SMILES string of the molecule is CN=C(NCCN1C(=O)CCCC1=O)N1CCSC(C(C)C)C1. The van der Waals surface area contributed by atoms with Crippen molar-refractivity contribution < 1.29 is 9.59 Å². The van der Waals surface area contributed by atoms with E-state index in [2.05, 4.69) is 29.1 Å². The molecule has 1 unspecified atom stereocenters. The fraction of sp³-hybridized carbons (Fsp3) is 0.812. The van der Waals surface area contributed by atoms with Crippen molar-refractivity contribution >= 4 is 29.5 Å². The number of aliphatic imine (C=N–C) groups is 1. The summed E-state index contributed by atoms with van der Waals surface area (Å²) in [6.45, 7) is 7.46. The lowest BCUT2D eigenvalue weighted by Crippen LogP contribution is -2.51. The Morgan fingerprint density at radius 2 is 2.04 bits per heavy atom. The number of carbonyl (C=O) groups excluding carboxylic acids is 2. The molecule has 2 aliphatic heterocycles. The zero-order valence-corrected chi connectivity index (χ0v) is 15.2. The van der Waals surface area contributed by atoms with Gasteiger partial charge in [-0.15, -0.1) is 0 Å². The third kappa shape index (κ3) is 4.86. The second-order valence-corrected chi connectivity index (χ2v) is 7.71. The van der Waals surface area contributed by atoms with Crippen molar-refractivity contribution in [3.8, 4) is 0 Å². The summed E-state index contributed by atoms with van der Waals surface area (Å²) in [7, 11) is 1.78. The van der Waals surface area contributed by atoms with Crippen LogP contribution in [0.2, 0.25) is 0 Å². The number of carbonyl (C=O) groups is 2. The van der Waals surface area contributed by atoms with Gasteiger partial charge in [0.15, 0.2) is 5.96 Å². The van der Waals surface area contributed by atoms with Gasteiger partial charge in [-0.25, -0.2) is 0 Å². The van der Waals surface area contributed by atoms with E-state index in [1.54, 1.807) is 7.05 Å². The van der Waals surface area contributed by atoms with Crippen LogP contribution in [-0.4, -0.2) is 71.8 Å². The summed E-state index contributed by atoms with van der Waals surface area (Å²) < 4.78 is 0. The molecule has 7 heteroatoms. The van der Waals surface area contributed by atoms with Crippen LogP contribution in [0.15, 0.2) is 4.99 Å². The molecule has 0 aliphatic carbocycles. The van der Waals surface area contributed by atoms with Gasteiger partial charge in [0, 0.05) is 57.1 Å². The van der Waals surface area contributed by atoms with Gasteiger partial charge in [0.05, 0.1) is 0 Å². The Morgan fingerprint density at radius 3 is 2.65 bits per heavy atom. The monoisotopic (exact) mass is 340 g/mol. The van der Waals surface area contributed by atoms with Crippen LogP contribution < -0.4 is 5.32 Å². The van der Waals surface area contributed by atoms with Gasteiger partial charge in [0.25, 0.3) is 0 Å². The molecule has 0 radical (unpaired) electrons. The second-order valence-electron chi connectivity index (χ2n) is 6.37. The van der Waals surface area contributed by atoms with Crippen LogP contribution in [0.4, 0.5) is 0 Å². The molecule has 2 fully saturated rings. The summed E-state index contributed by atoms with van der Waals surface area (Å²) in [6.07, 6.45) is 1.66. The summed E-state index contributed by atoms with van der Waals surface area (Å²) in [6, 6.07) is 0. The number of rotatable bonds is 4. The lowest BCUT2D eigenvalue weighted by Gasteiger charge is -2.36. The van der Waals surface area contributed by atoms with E-state index in [1.165, 1.54) is 4.90 Å². The largest absolute Gasteiger partial charge is 0.354 e. The fourth-order valence-electron chi connectivity index (χ4n) is 2.93. The van der Waals surface area contributed by atoms with Crippen molar-refractivity contribution in [3.05, 3.63) is 0 Å². The fourth-order valence-corrected chi connectivity index (χ4v) is 4.23. The van der Waals surface area contributed by atoms with E-state index < -0.39 is 0 Å². The highest BCUT2D eigenvalue weighted by Crippen LogP contribution is 2.24. The Labute approximate surface area is 143 Å². The average Bonchev–Trinajstić information content (AvgIpc) is 2.54. The van der Waals surface area contributed by atoms with Crippen molar-refractivity contribution in [2.24, 2.45) is 10.9 Å². The number of guanidine groups is 1. The summed E-state index contributed by atoms with van der Waals surface area (Å²) in [4.78, 5) is 31.6. The van der Waals surface area contributed by atoms with Crippen LogP contribution in [0.5, 0.6) is 0 Å². The molecule has 0 bridgehead atoms. The Hall–Kier alpha value is -1.24. The molecule has 2 rings (SSSR count). The maximum atomic E-state index is 11.8. The maximum absolute atomic E-state index is 11.8. The molecule has 1 N–H and O–H groups in total. The number of amides is 2. The molecule has 0 saturated carbocycles. The number of hydrogen-bond acceptors (Lipinski definition) is 4. The topological polar surface area (TPSA) is 65.0 Å². The summed E-state index contributed by atoms with van der Waals surface area (Å²) in [5.41, 5.74) is 0. The molecule has 1 atom stereocenters. The molecule has 2 saturated heterocycles. The van der Waals surface area contributed by atoms with E-state index in [4.69, 9.17) is 0 Å². The number of piperidine rings is 1. The zero-order valence-electron chi connectivity index (χ0n) is 14.4.